The zero-order valence-electron chi connectivity index (χ0n) is 10.9. The van der Waals surface area contributed by atoms with Crippen molar-refractivity contribution in [3.8, 4) is 0 Å². The molecule has 1 saturated heterocycles. The van der Waals surface area contributed by atoms with Gasteiger partial charge >= 0.3 is 0 Å². The van der Waals surface area contributed by atoms with Gasteiger partial charge in [-0.25, -0.2) is 0 Å². The highest BCUT2D eigenvalue weighted by atomic mass is 35.5. The van der Waals surface area contributed by atoms with E-state index in [1.165, 1.54) is 37.9 Å². The molecule has 0 bridgehead atoms. The van der Waals surface area contributed by atoms with Crippen molar-refractivity contribution < 1.29 is 0 Å². The third-order valence-electron chi connectivity index (χ3n) is 3.83. The standard InChI is InChI=1S/C15H23N.ClH/c1-3-15(14-7-5-4-6-8-14)16-11-9-13(2)10-12-16;/h4-8,13,15H,3,9-12H2,1-2H3;1H. The van der Waals surface area contributed by atoms with Crippen LogP contribution < -0.4 is 0 Å². The number of benzene rings is 1. The lowest BCUT2D eigenvalue weighted by molar-refractivity contribution is 0.134. The Hall–Kier alpha value is -0.530. The van der Waals surface area contributed by atoms with Crippen molar-refractivity contribution >= 4 is 12.4 Å². The SMILES string of the molecule is CCC(c1ccccc1)N1CCC(C)CC1.Cl. The maximum Gasteiger partial charge on any atom is 0.0345 e. The maximum absolute atomic E-state index is 2.66. The van der Waals surface area contributed by atoms with Gasteiger partial charge in [0.25, 0.3) is 0 Å². The zero-order valence-corrected chi connectivity index (χ0v) is 11.7. The molecule has 0 aliphatic carbocycles. The van der Waals surface area contributed by atoms with E-state index in [0.717, 1.165) is 5.92 Å². The molecule has 0 amide bonds. The number of hydrogen-bond acceptors (Lipinski definition) is 1. The minimum absolute atomic E-state index is 0. The van der Waals surface area contributed by atoms with Gasteiger partial charge in [0.15, 0.2) is 0 Å². The fourth-order valence-corrected chi connectivity index (χ4v) is 2.72. The van der Waals surface area contributed by atoms with E-state index in [2.05, 4.69) is 49.1 Å². The summed E-state index contributed by atoms with van der Waals surface area (Å²) in [5, 5.41) is 0. The first-order valence-corrected chi connectivity index (χ1v) is 6.60. The molecule has 2 heteroatoms. The van der Waals surface area contributed by atoms with Gasteiger partial charge < -0.3 is 0 Å². The number of piperidine rings is 1. The van der Waals surface area contributed by atoms with Crippen molar-refractivity contribution in [3.63, 3.8) is 0 Å². The summed E-state index contributed by atoms with van der Waals surface area (Å²) in [7, 11) is 0. The minimum atomic E-state index is 0. The average molecular weight is 254 g/mol. The number of rotatable bonds is 3. The quantitative estimate of drug-likeness (QED) is 0.777. The zero-order chi connectivity index (χ0) is 11.4. The second-order valence-corrected chi connectivity index (χ2v) is 5.05. The highest BCUT2D eigenvalue weighted by Gasteiger charge is 2.22. The molecule has 1 fully saturated rings. The first kappa shape index (κ1) is 14.5. The first-order chi connectivity index (χ1) is 7.81. The number of likely N-dealkylation sites (tertiary alicyclic amines) is 1. The molecule has 0 radical (unpaired) electrons. The van der Waals surface area contributed by atoms with Gasteiger partial charge in [-0.2, -0.15) is 0 Å². The molecular formula is C15H24ClN. The van der Waals surface area contributed by atoms with Gasteiger partial charge in [-0.3, -0.25) is 4.90 Å². The molecule has 1 atom stereocenters. The molecule has 0 saturated carbocycles. The molecule has 96 valence electrons. The predicted octanol–water partition coefficient (Wildman–Crippen LogP) is 4.29. The van der Waals surface area contributed by atoms with Crippen LogP contribution in [0.4, 0.5) is 0 Å². The molecule has 1 aliphatic heterocycles. The molecule has 17 heavy (non-hydrogen) atoms. The van der Waals surface area contributed by atoms with E-state index in [9.17, 15) is 0 Å². The van der Waals surface area contributed by atoms with E-state index in [0.29, 0.717) is 6.04 Å². The maximum atomic E-state index is 2.66. The van der Waals surface area contributed by atoms with Crippen molar-refractivity contribution in [1.82, 2.24) is 4.90 Å². The number of hydrogen-bond donors (Lipinski definition) is 0. The monoisotopic (exact) mass is 253 g/mol. The van der Waals surface area contributed by atoms with Crippen LogP contribution in [-0.2, 0) is 0 Å². The average Bonchev–Trinajstić information content (AvgIpc) is 2.34. The third kappa shape index (κ3) is 3.72. The summed E-state index contributed by atoms with van der Waals surface area (Å²) in [6.45, 7) is 7.22. The molecule has 1 heterocycles. The minimum Gasteiger partial charge on any atom is -0.296 e. The van der Waals surface area contributed by atoms with Gasteiger partial charge in [-0.15, -0.1) is 12.4 Å². The molecule has 0 N–H and O–H groups in total. The van der Waals surface area contributed by atoms with Crippen molar-refractivity contribution in [2.45, 2.75) is 39.2 Å². The van der Waals surface area contributed by atoms with Crippen molar-refractivity contribution in [2.75, 3.05) is 13.1 Å². The Kier molecular flexibility index (Phi) is 6.01. The molecule has 1 aliphatic rings. The Morgan fingerprint density at radius 1 is 1.18 bits per heavy atom. The highest BCUT2D eigenvalue weighted by molar-refractivity contribution is 5.85. The predicted molar refractivity (Wildman–Crippen MR) is 76.7 cm³/mol. The first-order valence-electron chi connectivity index (χ1n) is 6.60. The van der Waals surface area contributed by atoms with Crippen LogP contribution >= 0.6 is 12.4 Å². The second-order valence-electron chi connectivity index (χ2n) is 5.05. The molecular weight excluding hydrogens is 230 g/mol. The normalized spacial score (nSPS) is 19.6. The van der Waals surface area contributed by atoms with Gasteiger partial charge in [0.2, 0.25) is 0 Å². The van der Waals surface area contributed by atoms with Crippen LogP contribution in [0.15, 0.2) is 30.3 Å². The topological polar surface area (TPSA) is 3.24 Å². The van der Waals surface area contributed by atoms with Crippen LogP contribution in [0.1, 0.15) is 44.7 Å². The molecule has 1 aromatic rings. The Labute approximate surface area is 112 Å². The number of nitrogens with zero attached hydrogens (tertiary/aromatic N) is 1. The van der Waals surface area contributed by atoms with E-state index >= 15 is 0 Å². The molecule has 2 rings (SSSR count). The second kappa shape index (κ2) is 7.03. The van der Waals surface area contributed by atoms with E-state index in [4.69, 9.17) is 0 Å². The smallest absolute Gasteiger partial charge is 0.0345 e. The summed E-state index contributed by atoms with van der Waals surface area (Å²) in [5.74, 6) is 0.921. The van der Waals surface area contributed by atoms with Crippen LogP contribution in [-0.4, -0.2) is 18.0 Å². The summed E-state index contributed by atoms with van der Waals surface area (Å²) in [6, 6.07) is 11.6. The lowest BCUT2D eigenvalue weighted by Crippen LogP contribution is -2.35. The fourth-order valence-electron chi connectivity index (χ4n) is 2.72. The molecule has 1 unspecified atom stereocenters. The van der Waals surface area contributed by atoms with Gasteiger partial charge in [-0.05, 0) is 43.8 Å². The van der Waals surface area contributed by atoms with Crippen LogP contribution in [0.5, 0.6) is 0 Å². The lowest BCUT2D eigenvalue weighted by atomic mass is 9.95. The molecule has 1 nitrogen and oxygen atoms in total. The van der Waals surface area contributed by atoms with Crippen LogP contribution in [0, 0.1) is 5.92 Å². The summed E-state index contributed by atoms with van der Waals surface area (Å²) >= 11 is 0. The summed E-state index contributed by atoms with van der Waals surface area (Å²) < 4.78 is 0. The van der Waals surface area contributed by atoms with Crippen LogP contribution in [0.3, 0.4) is 0 Å². The van der Waals surface area contributed by atoms with Gasteiger partial charge in [0.05, 0.1) is 0 Å². The third-order valence-corrected chi connectivity index (χ3v) is 3.83. The lowest BCUT2D eigenvalue weighted by Gasteiger charge is -2.36. The molecule has 1 aromatic carbocycles. The van der Waals surface area contributed by atoms with Crippen LogP contribution in [0.2, 0.25) is 0 Å². The molecule has 0 aromatic heterocycles. The van der Waals surface area contributed by atoms with E-state index in [1.807, 2.05) is 0 Å². The summed E-state index contributed by atoms with van der Waals surface area (Å²) in [5.41, 5.74) is 1.49. The molecule has 0 spiro atoms. The van der Waals surface area contributed by atoms with Crippen molar-refractivity contribution in [3.05, 3.63) is 35.9 Å². The highest BCUT2D eigenvalue weighted by Crippen LogP contribution is 2.28. The van der Waals surface area contributed by atoms with Crippen molar-refractivity contribution in [2.24, 2.45) is 5.92 Å². The summed E-state index contributed by atoms with van der Waals surface area (Å²) in [4.78, 5) is 2.66. The largest absolute Gasteiger partial charge is 0.296 e. The van der Waals surface area contributed by atoms with E-state index < -0.39 is 0 Å². The van der Waals surface area contributed by atoms with E-state index in [1.54, 1.807) is 0 Å². The van der Waals surface area contributed by atoms with Crippen molar-refractivity contribution in [1.29, 1.82) is 0 Å². The van der Waals surface area contributed by atoms with Gasteiger partial charge in [-0.1, -0.05) is 44.2 Å². The Morgan fingerprint density at radius 3 is 2.29 bits per heavy atom. The Bertz CT molecular complexity index is 304. The van der Waals surface area contributed by atoms with Crippen LogP contribution in [0.25, 0.3) is 0 Å². The number of halogens is 1. The van der Waals surface area contributed by atoms with E-state index in [-0.39, 0.29) is 12.4 Å². The Morgan fingerprint density at radius 2 is 1.76 bits per heavy atom. The van der Waals surface area contributed by atoms with Gasteiger partial charge in [0.1, 0.15) is 0 Å². The van der Waals surface area contributed by atoms with Gasteiger partial charge in [0, 0.05) is 6.04 Å². The Balaban J connectivity index is 0.00000144. The summed E-state index contributed by atoms with van der Waals surface area (Å²) in [6.07, 6.45) is 3.95. The fraction of sp³-hybridized carbons (Fsp3) is 0.600.